The van der Waals surface area contributed by atoms with Gasteiger partial charge in [-0.25, -0.2) is 12.8 Å². The normalized spacial score (nSPS) is 19.0. The molecule has 0 saturated carbocycles. The minimum absolute atomic E-state index is 0. The van der Waals surface area contributed by atoms with E-state index in [-0.39, 0.29) is 18.2 Å². The van der Waals surface area contributed by atoms with E-state index < -0.39 is 16.1 Å². The molecule has 4 nitrogen and oxygen atoms in total. The standard InChI is InChI=1S/C16H19FN2O2S2.ClH/c1-11-8-16(12(2)22-11)23(20,21)19-7-6-18-10-15(19)13-4-3-5-14(17)9-13;/h3-5,8-9,15,18H,6-7,10H2,1-2H3;1H. The molecule has 0 spiro atoms. The average molecular weight is 391 g/mol. The van der Waals surface area contributed by atoms with Gasteiger partial charge in [0.15, 0.2) is 0 Å². The van der Waals surface area contributed by atoms with Crippen molar-refractivity contribution >= 4 is 33.8 Å². The Labute approximate surface area is 152 Å². The van der Waals surface area contributed by atoms with Crippen LogP contribution in [0.1, 0.15) is 21.4 Å². The summed E-state index contributed by atoms with van der Waals surface area (Å²) in [6, 6.07) is 7.49. The van der Waals surface area contributed by atoms with Crippen LogP contribution in [-0.4, -0.2) is 32.4 Å². The van der Waals surface area contributed by atoms with Crippen LogP contribution in [0.15, 0.2) is 35.2 Å². The fraction of sp³-hybridized carbons (Fsp3) is 0.375. The Morgan fingerprint density at radius 2 is 2.04 bits per heavy atom. The molecule has 1 aromatic carbocycles. The van der Waals surface area contributed by atoms with E-state index in [0.717, 1.165) is 9.75 Å². The van der Waals surface area contributed by atoms with Crippen molar-refractivity contribution in [2.45, 2.75) is 24.8 Å². The van der Waals surface area contributed by atoms with Crippen molar-refractivity contribution in [1.29, 1.82) is 0 Å². The quantitative estimate of drug-likeness (QED) is 0.875. The largest absolute Gasteiger partial charge is 0.313 e. The Balaban J connectivity index is 0.00000208. The minimum atomic E-state index is -3.60. The fourth-order valence-corrected chi connectivity index (χ4v) is 6.10. The van der Waals surface area contributed by atoms with Gasteiger partial charge in [0.1, 0.15) is 5.82 Å². The summed E-state index contributed by atoms with van der Waals surface area (Å²) in [5.74, 6) is -0.354. The molecule has 0 aliphatic carbocycles. The van der Waals surface area contributed by atoms with E-state index in [1.165, 1.54) is 27.8 Å². The van der Waals surface area contributed by atoms with Gasteiger partial charge in [-0.15, -0.1) is 23.7 Å². The topological polar surface area (TPSA) is 49.4 Å². The molecule has 24 heavy (non-hydrogen) atoms. The summed E-state index contributed by atoms with van der Waals surface area (Å²) in [5, 5.41) is 3.20. The number of piperazine rings is 1. The molecule has 1 atom stereocenters. The van der Waals surface area contributed by atoms with Gasteiger partial charge in [-0.3, -0.25) is 0 Å². The van der Waals surface area contributed by atoms with Crippen LogP contribution in [0.5, 0.6) is 0 Å². The first-order valence-corrected chi connectivity index (χ1v) is 9.70. The summed E-state index contributed by atoms with van der Waals surface area (Å²) in [6.45, 7) is 5.17. The second-order valence-electron chi connectivity index (χ2n) is 5.67. The molecule has 0 bridgehead atoms. The zero-order valence-corrected chi connectivity index (χ0v) is 15.9. The Bertz CT molecular complexity index is 823. The van der Waals surface area contributed by atoms with E-state index in [1.807, 2.05) is 13.8 Å². The van der Waals surface area contributed by atoms with Gasteiger partial charge in [0, 0.05) is 29.4 Å². The molecule has 132 valence electrons. The molecular weight excluding hydrogens is 371 g/mol. The summed E-state index contributed by atoms with van der Waals surface area (Å²) >= 11 is 1.48. The van der Waals surface area contributed by atoms with Crippen LogP contribution in [-0.2, 0) is 10.0 Å². The monoisotopic (exact) mass is 390 g/mol. The van der Waals surface area contributed by atoms with Gasteiger partial charge >= 0.3 is 0 Å². The number of nitrogens with one attached hydrogen (secondary N) is 1. The van der Waals surface area contributed by atoms with Gasteiger partial charge in [0.2, 0.25) is 10.0 Å². The molecule has 2 heterocycles. The van der Waals surface area contributed by atoms with Crippen LogP contribution in [0.3, 0.4) is 0 Å². The SMILES string of the molecule is Cc1cc(S(=O)(=O)N2CCNCC2c2cccc(F)c2)c(C)s1.Cl. The Hall–Kier alpha value is -0.990. The van der Waals surface area contributed by atoms with Crippen LogP contribution < -0.4 is 5.32 Å². The Morgan fingerprint density at radius 3 is 2.67 bits per heavy atom. The Morgan fingerprint density at radius 1 is 1.29 bits per heavy atom. The van der Waals surface area contributed by atoms with Crippen molar-refractivity contribution in [3.63, 3.8) is 0 Å². The molecule has 1 aliphatic heterocycles. The highest BCUT2D eigenvalue weighted by Gasteiger charge is 2.35. The van der Waals surface area contributed by atoms with Crippen LogP contribution in [0.4, 0.5) is 4.39 Å². The first kappa shape index (κ1) is 19.3. The number of hydrogen-bond donors (Lipinski definition) is 1. The first-order valence-electron chi connectivity index (χ1n) is 7.44. The number of halogens is 2. The third kappa shape index (κ3) is 3.65. The van der Waals surface area contributed by atoms with Crippen molar-refractivity contribution in [1.82, 2.24) is 9.62 Å². The number of thiophene rings is 1. The van der Waals surface area contributed by atoms with Crippen LogP contribution in [0.25, 0.3) is 0 Å². The van der Waals surface area contributed by atoms with Crippen LogP contribution >= 0.6 is 23.7 Å². The second-order valence-corrected chi connectivity index (χ2v) is 8.99. The molecular formula is C16H20ClFN2O2S2. The summed E-state index contributed by atoms with van der Waals surface area (Å²) in [5.41, 5.74) is 0.672. The number of rotatable bonds is 3. The van der Waals surface area contributed by atoms with Crippen molar-refractivity contribution in [3.8, 4) is 0 Å². The third-order valence-corrected chi connectivity index (χ3v) is 7.14. The lowest BCUT2D eigenvalue weighted by molar-refractivity contribution is 0.271. The fourth-order valence-electron chi connectivity index (χ4n) is 2.96. The van der Waals surface area contributed by atoms with Gasteiger partial charge in [-0.05, 0) is 37.6 Å². The summed E-state index contributed by atoms with van der Waals surface area (Å²) in [4.78, 5) is 2.13. The van der Waals surface area contributed by atoms with Crippen LogP contribution in [0.2, 0.25) is 0 Å². The van der Waals surface area contributed by atoms with E-state index in [4.69, 9.17) is 0 Å². The van der Waals surface area contributed by atoms with Gasteiger partial charge in [-0.2, -0.15) is 4.31 Å². The smallest absolute Gasteiger partial charge is 0.244 e. The van der Waals surface area contributed by atoms with E-state index in [9.17, 15) is 12.8 Å². The second kappa shape index (κ2) is 7.49. The number of aryl methyl sites for hydroxylation is 2. The molecule has 1 N–H and O–H groups in total. The summed E-state index contributed by atoms with van der Waals surface area (Å²) in [6.07, 6.45) is 0. The maximum Gasteiger partial charge on any atom is 0.244 e. The number of nitrogens with zero attached hydrogens (tertiary/aromatic N) is 1. The molecule has 0 amide bonds. The van der Waals surface area contributed by atoms with E-state index >= 15 is 0 Å². The molecule has 1 fully saturated rings. The molecule has 1 aromatic heterocycles. The molecule has 1 saturated heterocycles. The van der Waals surface area contributed by atoms with Gasteiger partial charge in [0.05, 0.1) is 10.9 Å². The molecule has 8 heteroatoms. The minimum Gasteiger partial charge on any atom is -0.313 e. The number of benzene rings is 1. The van der Waals surface area contributed by atoms with E-state index in [1.54, 1.807) is 18.2 Å². The van der Waals surface area contributed by atoms with Crippen molar-refractivity contribution in [2.24, 2.45) is 0 Å². The summed E-state index contributed by atoms with van der Waals surface area (Å²) < 4.78 is 41.2. The Kier molecular flexibility index (Phi) is 6.04. The zero-order chi connectivity index (χ0) is 16.6. The predicted molar refractivity (Wildman–Crippen MR) is 96.9 cm³/mol. The highest BCUT2D eigenvalue weighted by Crippen LogP contribution is 2.33. The van der Waals surface area contributed by atoms with Gasteiger partial charge in [0.25, 0.3) is 0 Å². The van der Waals surface area contributed by atoms with E-state index in [2.05, 4.69) is 5.32 Å². The summed E-state index contributed by atoms with van der Waals surface area (Å²) in [7, 11) is -3.60. The van der Waals surface area contributed by atoms with Gasteiger partial charge < -0.3 is 5.32 Å². The third-order valence-electron chi connectivity index (χ3n) is 4.01. The molecule has 3 rings (SSSR count). The first-order chi connectivity index (χ1) is 10.9. The molecule has 1 aliphatic rings. The number of sulfonamides is 1. The molecule has 0 radical (unpaired) electrons. The van der Waals surface area contributed by atoms with Crippen molar-refractivity contribution in [3.05, 3.63) is 51.5 Å². The average Bonchev–Trinajstić information content (AvgIpc) is 2.87. The highest BCUT2D eigenvalue weighted by atomic mass is 35.5. The van der Waals surface area contributed by atoms with Crippen LogP contribution in [0, 0.1) is 19.7 Å². The maximum atomic E-state index is 13.5. The van der Waals surface area contributed by atoms with E-state index in [0.29, 0.717) is 30.1 Å². The molecule has 1 unspecified atom stereocenters. The lowest BCUT2D eigenvalue weighted by Gasteiger charge is -2.35. The zero-order valence-electron chi connectivity index (χ0n) is 13.5. The van der Waals surface area contributed by atoms with Crippen molar-refractivity contribution in [2.75, 3.05) is 19.6 Å². The lowest BCUT2D eigenvalue weighted by atomic mass is 10.1. The van der Waals surface area contributed by atoms with Gasteiger partial charge in [-0.1, -0.05) is 12.1 Å². The van der Waals surface area contributed by atoms with Crippen molar-refractivity contribution < 1.29 is 12.8 Å². The molecule has 2 aromatic rings. The maximum absolute atomic E-state index is 13.5. The highest BCUT2D eigenvalue weighted by molar-refractivity contribution is 7.89. The number of hydrogen-bond acceptors (Lipinski definition) is 4. The lowest BCUT2D eigenvalue weighted by Crippen LogP contribution is -2.48. The predicted octanol–water partition coefficient (Wildman–Crippen LogP) is 3.26.